The molecule has 0 amide bonds. The van der Waals surface area contributed by atoms with Gasteiger partial charge in [0.25, 0.3) is 0 Å². The molecule has 0 nitrogen and oxygen atoms in total. The van der Waals surface area contributed by atoms with Crippen molar-refractivity contribution < 1.29 is 0 Å². The van der Waals surface area contributed by atoms with Crippen LogP contribution in [0, 0.1) is 0 Å². The van der Waals surface area contributed by atoms with Crippen molar-refractivity contribution >= 4 is 13.2 Å². The third-order valence-electron chi connectivity index (χ3n) is 5.55. The molecule has 4 rings (SSSR count). The van der Waals surface area contributed by atoms with Crippen LogP contribution in [0.1, 0.15) is 51.4 Å². The fourth-order valence-electron chi connectivity index (χ4n) is 4.66. The molecule has 0 bridgehead atoms. The van der Waals surface area contributed by atoms with E-state index < -0.39 is 0 Å². The summed E-state index contributed by atoms with van der Waals surface area (Å²) in [7, 11) is 0.193. The summed E-state index contributed by atoms with van der Waals surface area (Å²) in [6.45, 7) is 0. The fraction of sp³-hybridized carbons (Fsp3) is 0.625. The van der Waals surface area contributed by atoms with Crippen LogP contribution >= 0.6 is 7.92 Å². The van der Waals surface area contributed by atoms with E-state index in [1.165, 1.54) is 25.7 Å². The van der Waals surface area contributed by atoms with Gasteiger partial charge in [-0.05, 0) is 31.0 Å². The molecule has 90 valence electrons. The lowest BCUT2D eigenvalue weighted by molar-refractivity contribution is 0.285. The molecule has 2 spiro atoms. The van der Waals surface area contributed by atoms with Crippen molar-refractivity contribution in [1.82, 2.24) is 0 Å². The van der Waals surface area contributed by atoms with Crippen LogP contribution in [-0.4, -0.2) is 10.3 Å². The highest BCUT2D eigenvalue weighted by Crippen LogP contribution is 2.91. The Balaban J connectivity index is 1.71. The highest BCUT2D eigenvalue weighted by atomic mass is 31.1. The second-order valence-electron chi connectivity index (χ2n) is 6.15. The van der Waals surface area contributed by atoms with E-state index in [-0.39, 0.29) is 7.92 Å². The maximum absolute atomic E-state index is 2.41. The zero-order valence-corrected chi connectivity index (χ0v) is 11.4. The molecule has 0 N–H and O–H groups in total. The van der Waals surface area contributed by atoms with Gasteiger partial charge in [0.2, 0.25) is 0 Å². The van der Waals surface area contributed by atoms with Gasteiger partial charge in [-0.25, -0.2) is 0 Å². The molecule has 2 saturated carbocycles. The summed E-state index contributed by atoms with van der Waals surface area (Å²) in [5.41, 5.74) is 0. The maximum atomic E-state index is 2.41. The number of benzene rings is 1. The van der Waals surface area contributed by atoms with Crippen LogP contribution in [0.4, 0.5) is 0 Å². The van der Waals surface area contributed by atoms with Crippen LogP contribution in [0.2, 0.25) is 0 Å². The molecule has 1 aromatic rings. The van der Waals surface area contributed by atoms with Gasteiger partial charge >= 0.3 is 0 Å². The van der Waals surface area contributed by atoms with Gasteiger partial charge in [-0.3, -0.25) is 0 Å². The van der Waals surface area contributed by atoms with Crippen molar-refractivity contribution in [2.75, 3.05) is 0 Å². The molecule has 17 heavy (non-hydrogen) atoms. The van der Waals surface area contributed by atoms with Crippen molar-refractivity contribution in [3.63, 3.8) is 0 Å². The first-order valence-electron chi connectivity index (χ1n) is 7.25. The van der Waals surface area contributed by atoms with Gasteiger partial charge in [0.1, 0.15) is 0 Å². The summed E-state index contributed by atoms with van der Waals surface area (Å²) in [5.74, 6) is 0. The predicted molar refractivity (Wildman–Crippen MR) is 75.4 cm³/mol. The molecule has 1 heteroatoms. The van der Waals surface area contributed by atoms with Crippen LogP contribution in [-0.2, 0) is 0 Å². The lowest BCUT2D eigenvalue weighted by Gasteiger charge is -2.34. The minimum absolute atomic E-state index is 0.193. The van der Waals surface area contributed by atoms with E-state index in [1.807, 2.05) is 0 Å². The predicted octanol–water partition coefficient (Wildman–Crippen LogP) is 4.43. The molecule has 1 atom stereocenters. The van der Waals surface area contributed by atoms with Gasteiger partial charge in [-0.1, -0.05) is 63.9 Å². The van der Waals surface area contributed by atoms with Crippen molar-refractivity contribution in [2.24, 2.45) is 0 Å². The second kappa shape index (κ2) is 3.58. The summed E-state index contributed by atoms with van der Waals surface area (Å²) in [4.78, 5) is 0. The van der Waals surface area contributed by atoms with Crippen LogP contribution in [0.15, 0.2) is 30.3 Å². The van der Waals surface area contributed by atoms with Crippen LogP contribution in [0.3, 0.4) is 0 Å². The maximum Gasteiger partial charge on any atom is 0.00497 e. The second-order valence-corrected chi connectivity index (χ2v) is 9.05. The molecule has 3 aliphatic rings. The number of fused-ring (bicyclic) bond motifs is 1. The minimum Gasteiger partial charge on any atom is -0.0622 e. The molecule has 0 radical (unpaired) electrons. The first-order valence-corrected chi connectivity index (χ1v) is 8.59. The van der Waals surface area contributed by atoms with E-state index in [0.29, 0.717) is 0 Å². The quantitative estimate of drug-likeness (QED) is 0.641. The van der Waals surface area contributed by atoms with Crippen molar-refractivity contribution in [3.8, 4) is 0 Å². The topological polar surface area (TPSA) is 0 Å². The van der Waals surface area contributed by atoms with E-state index in [2.05, 4.69) is 30.3 Å². The Kier molecular flexibility index (Phi) is 2.22. The third-order valence-corrected chi connectivity index (χ3v) is 9.60. The van der Waals surface area contributed by atoms with Crippen molar-refractivity contribution in [3.05, 3.63) is 30.3 Å². The van der Waals surface area contributed by atoms with Gasteiger partial charge in [0.15, 0.2) is 0 Å². The number of hydrogen-bond donors (Lipinski definition) is 0. The van der Waals surface area contributed by atoms with Gasteiger partial charge < -0.3 is 0 Å². The van der Waals surface area contributed by atoms with Gasteiger partial charge in [-0.2, -0.15) is 0 Å². The van der Waals surface area contributed by atoms with E-state index in [4.69, 9.17) is 0 Å². The summed E-state index contributed by atoms with van der Waals surface area (Å²) >= 11 is 0. The van der Waals surface area contributed by atoms with E-state index in [9.17, 15) is 0 Å². The molecule has 1 aliphatic heterocycles. The van der Waals surface area contributed by atoms with Gasteiger partial charge in [0.05, 0.1) is 0 Å². The Morgan fingerprint density at radius 2 is 1.29 bits per heavy atom. The molecular formula is C16H21P. The smallest absolute Gasteiger partial charge is 0.00497 e. The molecule has 0 aromatic heterocycles. The summed E-state index contributed by atoms with van der Waals surface area (Å²) in [6.07, 6.45) is 12.2. The molecule has 3 fully saturated rings. The Bertz CT molecular complexity index is 412. The fourth-order valence-corrected chi connectivity index (χ4v) is 9.37. The number of rotatable bonds is 1. The summed E-state index contributed by atoms with van der Waals surface area (Å²) < 4.78 is 0. The molecule has 1 aromatic carbocycles. The lowest BCUT2D eigenvalue weighted by atomic mass is 9.70. The lowest BCUT2D eigenvalue weighted by Crippen LogP contribution is -2.34. The summed E-state index contributed by atoms with van der Waals surface area (Å²) in [5, 5.41) is 3.34. The highest BCUT2D eigenvalue weighted by molar-refractivity contribution is 7.77. The zero-order valence-electron chi connectivity index (χ0n) is 10.5. The van der Waals surface area contributed by atoms with E-state index in [1.54, 1.807) is 31.0 Å². The highest BCUT2D eigenvalue weighted by Gasteiger charge is 2.76. The average molecular weight is 244 g/mol. The Hall–Kier alpha value is -0.350. The van der Waals surface area contributed by atoms with Crippen LogP contribution in [0.25, 0.3) is 0 Å². The van der Waals surface area contributed by atoms with E-state index in [0.717, 1.165) is 10.3 Å². The molecular weight excluding hydrogens is 223 g/mol. The van der Waals surface area contributed by atoms with Crippen molar-refractivity contribution in [2.45, 2.75) is 61.7 Å². The molecule has 1 heterocycles. The largest absolute Gasteiger partial charge is 0.0622 e. The monoisotopic (exact) mass is 244 g/mol. The third kappa shape index (κ3) is 1.23. The molecule has 1 unspecified atom stereocenters. The Labute approximate surface area is 106 Å². The summed E-state index contributed by atoms with van der Waals surface area (Å²) in [6, 6.07) is 11.5. The first-order chi connectivity index (χ1) is 8.39. The normalized spacial score (nSPS) is 32.4. The average Bonchev–Trinajstić information content (AvgIpc) is 2.93. The zero-order chi connectivity index (χ0) is 11.3. The number of hydrogen-bond acceptors (Lipinski definition) is 0. The van der Waals surface area contributed by atoms with Gasteiger partial charge in [-0.15, -0.1) is 0 Å². The minimum atomic E-state index is 0.193. The van der Waals surface area contributed by atoms with E-state index >= 15 is 0 Å². The Morgan fingerprint density at radius 3 is 1.82 bits per heavy atom. The SMILES string of the molecule is c1ccc(P2C3(CCCCC3)C23CCC3)cc1. The first kappa shape index (κ1) is 10.6. The molecule has 1 saturated heterocycles. The Morgan fingerprint density at radius 1 is 0.706 bits per heavy atom. The molecule has 2 aliphatic carbocycles. The van der Waals surface area contributed by atoms with Crippen LogP contribution < -0.4 is 5.30 Å². The van der Waals surface area contributed by atoms with Gasteiger partial charge in [0, 0.05) is 10.3 Å². The van der Waals surface area contributed by atoms with Crippen LogP contribution in [0.5, 0.6) is 0 Å². The van der Waals surface area contributed by atoms with Crippen molar-refractivity contribution in [1.29, 1.82) is 0 Å². The standard InChI is InChI=1S/C16H21P/c1-3-8-14(9-4-1)17-15(10-5-2-6-11-15)16(17)12-7-13-16/h1,3-4,8-9H,2,5-7,10-13H2.